The van der Waals surface area contributed by atoms with E-state index in [-0.39, 0.29) is 11.3 Å². The predicted molar refractivity (Wildman–Crippen MR) is 94.0 cm³/mol. The first-order valence-electron chi connectivity index (χ1n) is 8.00. The van der Waals surface area contributed by atoms with Crippen molar-refractivity contribution in [2.75, 3.05) is 14.2 Å². The molecule has 0 radical (unpaired) electrons. The van der Waals surface area contributed by atoms with Crippen LogP contribution in [0.2, 0.25) is 0 Å². The summed E-state index contributed by atoms with van der Waals surface area (Å²) in [4.78, 5) is 12.5. The summed E-state index contributed by atoms with van der Waals surface area (Å²) in [5.41, 5.74) is 0.509. The standard InChI is InChI=1S/C19H16N2O5/c1-24-10-7-8-13(25-2)12(9-10)16-17(21-20-16)15-18(22)11-5-3-4-6-14(11)26-19(15)23/h3-9,16-17,22H,1-2H3. The van der Waals surface area contributed by atoms with E-state index < -0.39 is 17.7 Å². The lowest BCUT2D eigenvalue weighted by Gasteiger charge is -2.28. The Morgan fingerprint density at radius 2 is 1.81 bits per heavy atom. The van der Waals surface area contributed by atoms with Gasteiger partial charge in [0.25, 0.3) is 0 Å². The number of aromatic hydroxyl groups is 1. The van der Waals surface area contributed by atoms with E-state index in [0.29, 0.717) is 22.5 Å². The number of benzene rings is 2. The molecule has 132 valence electrons. The second-order valence-electron chi connectivity index (χ2n) is 5.88. The van der Waals surface area contributed by atoms with Gasteiger partial charge in [0.2, 0.25) is 0 Å². The summed E-state index contributed by atoms with van der Waals surface area (Å²) in [7, 11) is 3.12. The minimum atomic E-state index is -0.656. The van der Waals surface area contributed by atoms with Gasteiger partial charge in [0.05, 0.1) is 19.6 Å². The third kappa shape index (κ3) is 2.40. The third-order valence-corrected chi connectivity index (χ3v) is 4.49. The minimum absolute atomic E-state index is 0.0913. The fraction of sp³-hybridized carbons (Fsp3) is 0.211. The molecule has 0 fully saturated rings. The smallest absolute Gasteiger partial charge is 0.345 e. The lowest BCUT2D eigenvalue weighted by molar-refractivity contribution is 0.355. The maximum Gasteiger partial charge on any atom is 0.345 e. The van der Waals surface area contributed by atoms with Crippen LogP contribution in [0.3, 0.4) is 0 Å². The normalized spacial score (nSPS) is 18.5. The second-order valence-corrected chi connectivity index (χ2v) is 5.88. The highest BCUT2D eigenvalue weighted by Gasteiger charge is 2.38. The molecule has 1 aromatic heterocycles. The molecule has 2 unspecified atom stereocenters. The van der Waals surface area contributed by atoms with Crippen LogP contribution in [0.5, 0.6) is 17.2 Å². The monoisotopic (exact) mass is 352 g/mol. The van der Waals surface area contributed by atoms with Gasteiger partial charge in [0.15, 0.2) is 0 Å². The van der Waals surface area contributed by atoms with Crippen molar-refractivity contribution in [3.05, 3.63) is 64.0 Å². The molecular formula is C19H16N2O5. The molecule has 7 heteroatoms. The number of methoxy groups -OCH3 is 2. The average Bonchev–Trinajstić information content (AvgIpc) is 2.64. The first-order valence-corrected chi connectivity index (χ1v) is 8.00. The van der Waals surface area contributed by atoms with Crippen LogP contribution in [0.4, 0.5) is 0 Å². The van der Waals surface area contributed by atoms with Gasteiger partial charge in [-0.3, -0.25) is 0 Å². The summed E-state index contributed by atoms with van der Waals surface area (Å²) in [6.45, 7) is 0. The molecule has 2 atom stereocenters. The number of fused-ring (bicyclic) bond motifs is 1. The number of rotatable bonds is 4. The summed E-state index contributed by atoms with van der Waals surface area (Å²) in [5.74, 6) is 1.10. The van der Waals surface area contributed by atoms with E-state index in [2.05, 4.69) is 10.2 Å². The van der Waals surface area contributed by atoms with Crippen molar-refractivity contribution in [2.45, 2.75) is 12.1 Å². The maximum absolute atomic E-state index is 12.5. The summed E-state index contributed by atoms with van der Waals surface area (Å²) >= 11 is 0. The molecule has 0 saturated heterocycles. The lowest BCUT2D eigenvalue weighted by Crippen LogP contribution is -2.22. The molecule has 0 saturated carbocycles. The Morgan fingerprint density at radius 3 is 2.50 bits per heavy atom. The molecule has 0 amide bonds. The fourth-order valence-corrected chi connectivity index (χ4v) is 3.13. The molecule has 26 heavy (non-hydrogen) atoms. The second kappa shape index (κ2) is 6.18. The first-order chi connectivity index (χ1) is 12.6. The zero-order chi connectivity index (χ0) is 18.3. The van der Waals surface area contributed by atoms with Gasteiger partial charge in [-0.05, 0) is 30.3 Å². The maximum atomic E-state index is 12.5. The van der Waals surface area contributed by atoms with Crippen molar-refractivity contribution in [3.63, 3.8) is 0 Å². The summed E-state index contributed by atoms with van der Waals surface area (Å²) in [6.07, 6.45) is 0. The molecule has 1 N–H and O–H groups in total. The number of ether oxygens (including phenoxy) is 2. The van der Waals surface area contributed by atoms with Crippen molar-refractivity contribution in [2.24, 2.45) is 10.2 Å². The number of hydrogen-bond donors (Lipinski definition) is 1. The molecule has 0 bridgehead atoms. The largest absolute Gasteiger partial charge is 0.507 e. The molecular weight excluding hydrogens is 336 g/mol. The topological polar surface area (TPSA) is 93.6 Å². The highest BCUT2D eigenvalue weighted by molar-refractivity contribution is 5.84. The summed E-state index contributed by atoms with van der Waals surface area (Å²) < 4.78 is 16.0. The van der Waals surface area contributed by atoms with Crippen molar-refractivity contribution in [1.82, 2.24) is 0 Å². The Hall–Kier alpha value is -3.35. The predicted octanol–water partition coefficient (Wildman–Crippen LogP) is 3.76. The Morgan fingerprint density at radius 1 is 1.04 bits per heavy atom. The van der Waals surface area contributed by atoms with Gasteiger partial charge in [-0.2, -0.15) is 10.2 Å². The summed E-state index contributed by atoms with van der Waals surface area (Å²) in [5, 5.41) is 19.3. The Labute approximate surface area is 148 Å². The SMILES string of the molecule is COc1ccc(OC)c(C2N=NC2c2c(O)c3ccccc3oc2=O)c1. The van der Waals surface area contributed by atoms with Crippen molar-refractivity contribution in [3.8, 4) is 17.2 Å². The highest BCUT2D eigenvalue weighted by Crippen LogP contribution is 2.48. The van der Waals surface area contributed by atoms with Gasteiger partial charge < -0.3 is 19.0 Å². The van der Waals surface area contributed by atoms with E-state index in [1.54, 1.807) is 56.7 Å². The number of hydrogen-bond acceptors (Lipinski definition) is 7. The zero-order valence-corrected chi connectivity index (χ0v) is 14.2. The zero-order valence-electron chi connectivity index (χ0n) is 14.2. The third-order valence-electron chi connectivity index (χ3n) is 4.49. The van der Waals surface area contributed by atoms with Crippen LogP contribution in [-0.2, 0) is 0 Å². The van der Waals surface area contributed by atoms with E-state index in [0.717, 1.165) is 5.56 Å². The van der Waals surface area contributed by atoms with Crippen molar-refractivity contribution < 1.29 is 19.0 Å². The van der Waals surface area contributed by atoms with E-state index in [1.807, 2.05) is 0 Å². The van der Waals surface area contributed by atoms with E-state index in [9.17, 15) is 9.90 Å². The summed E-state index contributed by atoms with van der Waals surface area (Å²) in [6, 6.07) is 11.0. The molecule has 2 heterocycles. The van der Waals surface area contributed by atoms with Crippen LogP contribution >= 0.6 is 0 Å². The van der Waals surface area contributed by atoms with Crippen molar-refractivity contribution in [1.29, 1.82) is 0 Å². The van der Waals surface area contributed by atoms with Gasteiger partial charge in [-0.15, -0.1) is 0 Å². The van der Waals surface area contributed by atoms with Crippen LogP contribution in [0.15, 0.2) is 61.9 Å². The Balaban J connectivity index is 1.83. The molecule has 0 aliphatic carbocycles. The fourth-order valence-electron chi connectivity index (χ4n) is 3.13. The number of para-hydroxylation sites is 1. The van der Waals surface area contributed by atoms with E-state index in [1.165, 1.54) is 0 Å². The molecule has 2 aromatic carbocycles. The van der Waals surface area contributed by atoms with Gasteiger partial charge in [0.1, 0.15) is 40.5 Å². The lowest BCUT2D eigenvalue weighted by atomic mass is 9.91. The van der Waals surface area contributed by atoms with E-state index >= 15 is 0 Å². The number of nitrogens with zero attached hydrogens (tertiary/aromatic N) is 2. The van der Waals surface area contributed by atoms with E-state index in [4.69, 9.17) is 13.9 Å². The van der Waals surface area contributed by atoms with Crippen LogP contribution in [0.25, 0.3) is 11.0 Å². The van der Waals surface area contributed by atoms with Gasteiger partial charge in [0, 0.05) is 5.56 Å². The molecule has 0 spiro atoms. The van der Waals surface area contributed by atoms with Gasteiger partial charge >= 0.3 is 5.63 Å². The van der Waals surface area contributed by atoms with Crippen LogP contribution in [0.1, 0.15) is 23.2 Å². The van der Waals surface area contributed by atoms with Crippen LogP contribution in [-0.4, -0.2) is 19.3 Å². The highest BCUT2D eigenvalue weighted by atomic mass is 16.5. The van der Waals surface area contributed by atoms with Crippen molar-refractivity contribution >= 4 is 11.0 Å². The van der Waals surface area contributed by atoms with Crippen LogP contribution in [0, 0.1) is 0 Å². The molecule has 7 nitrogen and oxygen atoms in total. The number of azo groups is 1. The molecule has 3 aromatic rings. The Bertz CT molecular complexity index is 1070. The quantitative estimate of drug-likeness (QED) is 0.722. The Kier molecular flexibility index (Phi) is 3.84. The first kappa shape index (κ1) is 16.1. The molecule has 1 aliphatic rings. The van der Waals surface area contributed by atoms with Crippen LogP contribution < -0.4 is 15.1 Å². The minimum Gasteiger partial charge on any atom is -0.507 e. The molecule has 1 aliphatic heterocycles. The van der Waals surface area contributed by atoms with Gasteiger partial charge in [-0.1, -0.05) is 12.1 Å². The molecule has 4 rings (SSSR count). The average molecular weight is 352 g/mol. The van der Waals surface area contributed by atoms with Gasteiger partial charge in [-0.25, -0.2) is 4.79 Å².